The van der Waals surface area contributed by atoms with Gasteiger partial charge in [0.1, 0.15) is 17.6 Å². The summed E-state index contributed by atoms with van der Waals surface area (Å²) in [5.74, 6) is -0.126. The Hall–Kier alpha value is -2.89. The van der Waals surface area contributed by atoms with Gasteiger partial charge in [0.2, 0.25) is 5.91 Å². The Balaban J connectivity index is 1.75. The Bertz CT molecular complexity index is 939. The van der Waals surface area contributed by atoms with E-state index in [1.807, 2.05) is 39.0 Å². The van der Waals surface area contributed by atoms with Gasteiger partial charge in [-0.15, -0.1) is 0 Å². The number of hydrogen-bond donors (Lipinski definition) is 1. The molecule has 2 amide bonds. The molecular weight excluding hydrogens is 419 g/mol. The molecule has 0 unspecified atom stereocenters. The van der Waals surface area contributed by atoms with Crippen LogP contribution < -0.4 is 10.1 Å². The van der Waals surface area contributed by atoms with Crippen molar-refractivity contribution in [1.29, 1.82) is 0 Å². The number of rotatable bonds is 9. The number of ether oxygens (including phenoxy) is 1. The summed E-state index contributed by atoms with van der Waals surface area (Å²) >= 11 is 0. The summed E-state index contributed by atoms with van der Waals surface area (Å²) in [6, 6.07) is 11.3. The molecule has 0 aliphatic heterocycles. The fraction of sp³-hybridized carbons (Fsp3) is 0.481. The lowest BCUT2D eigenvalue weighted by Crippen LogP contribution is -2.52. The normalized spacial score (nSPS) is 15.0. The molecular formula is C27H35FN2O3. The molecule has 1 fully saturated rings. The van der Waals surface area contributed by atoms with E-state index in [9.17, 15) is 14.0 Å². The van der Waals surface area contributed by atoms with E-state index < -0.39 is 6.04 Å². The third-order valence-corrected chi connectivity index (χ3v) is 6.44. The maximum Gasteiger partial charge on any atom is 0.261 e. The number of nitrogens with zero attached hydrogens (tertiary/aromatic N) is 1. The van der Waals surface area contributed by atoms with Crippen LogP contribution in [0.15, 0.2) is 42.5 Å². The number of hydrogen-bond acceptors (Lipinski definition) is 3. The fourth-order valence-electron chi connectivity index (χ4n) is 4.28. The molecule has 0 aromatic heterocycles. The van der Waals surface area contributed by atoms with Crippen LogP contribution in [0.2, 0.25) is 0 Å². The maximum atomic E-state index is 13.4. The second-order valence-corrected chi connectivity index (χ2v) is 8.95. The number of benzene rings is 2. The zero-order valence-electron chi connectivity index (χ0n) is 19.9. The van der Waals surface area contributed by atoms with Crippen molar-refractivity contribution >= 4 is 11.8 Å². The predicted molar refractivity (Wildman–Crippen MR) is 127 cm³/mol. The molecule has 0 saturated heterocycles. The second kappa shape index (κ2) is 11.8. The lowest BCUT2D eigenvalue weighted by molar-refractivity contribution is -0.143. The first-order valence-corrected chi connectivity index (χ1v) is 11.9. The molecule has 2 aromatic carbocycles. The first-order valence-electron chi connectivity index (χ1n) is 11.9. The van der Waals surface area contributed by atoms with Gasteiger partial charge in [-0.3, -0.25) is 9.59 Å². The molecule has 2 aromatic rings. The van der Waals surface area contributed by atoms with Crippen LogP contribution in [-0.2, 0) is 16.1 Å². The van der Waals surface area contributed by atoms with Gasteiger partial charge in [0, 0.05) is 12.6 Å². The molecule has 6 heteroatoms. The van der Waals surface area contributed by atoms with Crippen LogP contribution in [0.5, 0.6) is 5.75 Å². The highest BCUT2D eigenvalue weighted by Gasteiger charge is 2.30. The molecule has 3 rings (SSSR count). The topological polar surface area (TPSA) is 58.6 Å². The van der Waals surface area contributed by atoms with Crippen molar-refractivity contribution in [3.8, 4) is 5.75 Å². The van der Waals surface area contributed by atoms with Crippen molar-refractivity contribution in [2.75, 3.05) is 6.61 Å². The number of nitrogens with one attached hydrogen (secondary N) is 1. The van der Waals surface area contributed by atoms with Gasteiger partial charge in [0.15, 0.2) is 6.61 Å². The molecule has 1 aliphatic rings. The van der Waals surface area contributed by atoms with Gasteiger partial charge in [-0.25, -0.2) is 4.39 Å². The molecule has 0 spiro atoms. The van der Waals surface area contributed by atoms with E-state index in [0.29, 0.717) is 12.2 Å². The highest BCUT2D eigenvalue weighted by molar-refractivity contribution is 5.88. The molecule has 178 valence electrons. The predicted octanol–water partition coefficient (Wildman–Crippen LogP) is 5.08. The van der Waals surface area contributed by atoms with E-state index in [-0.39, 0.29) is 36.8 Å². The van der Waals surface area contributed by atoms with Gasteiger partial charge in [-0.2, -0.15) is 0 Å². The molecule has 1 N–H and O–H groups in total. The third-order valence-electron chi connectivity index (χ3n) is 6.44. The second-order valence-electron chi connectivity index (χ2n) is 8.95. The highest BCUT2D eigenvalue weighted by Crippen LogP contribution is 2.20. The lowest BCUT2D eigenvalue weighted by Gasteiger charge is -2.32. The summed E-state index contributed by atoms with van der Waals surface area (Å²) in [5.41, 5.74) is 3.00. The van der Waals surface area contributed by atoms with Gasteiger partial charge in [-0.05, 0) is 74.1 Å². The molecule has 0 radical (unpaired) electrons. The molecule has 0 bridgehead atoms. The number of carbonyl (C=O) groups is 2. The maximum absolute atomic E-state index is 13.4. The van der Waals surface area contributed by atoms with E-state index in [2.05, 4.69) is 5.32 Å². The Morgan fingerprint density at radius 2 is 1.76 bits per heavy atom. The van der Waals surface area contributed by atoms with Crippen molar-refractivity contribution in [2.45, 2.75) is 77.9 Å². The number of amides is 2. The molecule has 1 aliphatic carbocycles. The first-order chi connectivity index (χ1) is 15.9. The quantitative estimate of drug-likeness (QED) is 0.575. The van der Waals surface area contributed by atoms with Crippen LogP contribution in [-0.4, -0.2) is 35.4 Å². The number of carbonyl (C=O) groups excluding carboxylic acids is 2. The minimum atomic E-state index is -0.618. The van der Waals surface area contributed by atoms with Crippen molar-refractivity contribution < 1.29 is 18.7 Å². The highest BCUT2D eigenvalue weighted by atomic mass is 19.1. The van der Waals surface area contributed by atoms with Crippen LogP contribution in [0.1, 0.15) is 62.1 Å². The lowest BCUT2D eigenvalue weighted by atomic mass is 9.95. The molecule has 5 nitrogen and oxygen atoms in total. The van der Waals surface area contributed by atoms with Crippen LogP contribution in [0.3, 0.4) is 0 Å². The summed E-state index contributed by atoms with van der Waals surface area (Å²) in [6.45, 7) is 5.96. The smallest absolute Gasteiger partial charge is 0.261 e. The van der Waals surface area contributed by atoms with Crippen LogP contribution >= 0.6 is 0 Å². The van der Waals surface area contributed by atoms with Crippen molar-refractivity contribution in [3.63, 3.8) is 0 Å². The minimum absolute atomic E-state index is 0.133. The van der Waals surface area contributed by atoms with Crippen LogP contribution in [0.25, 0.3) is 0 Å². The number of halogens is 1. The monoisotopic (exact) mass is 454 g/mol. The Morgan fingerprint density at radius 1 is 1.06 bits per heavy atom. The Morgan fingerprint density at radius 3 is 2.39 bits per heavy atom. The third kappa shape index (κ3) is 7.04. The summed E-state index contributed by atoms with van der Waals surface area (Å²) in [6.07, 6.45) is 5.87. The average molecular weight is 455 g/mol. The van der Waals surface area contributed by atoms with Crippen LogP contribution in [0, 0.1) is 19.7 Å². The van der Waals surface area contributed by atoms with Crippen LogP contribution in [0.4, 0.5) is 4.39 Å². The molecule has 1 atom stereocenters. The van der Waals surface area contributed by atoms with E-state index in [1.54, 1.807) is 17.0 Å². The zero-order valence-corrected chi connectivity index (χ0v) is 19.9. The van der Waals surface area contributed by atoms with Gasteiger partial charge < -0.3 is 15.0 Å². The van der Waals surface area contributed by atoms with Gasteiger partial charge in [-0.1, -0.05) is 44.4 Å². The summed E-state index contributed by atoms with van der Waals surface area (Å²) in [4.78, 5) is 28.0. The summed E-state index contributed by atoms with van der Waals surface area (Å²) in [5, 5.41) is 3.15. The van der Waals surface area contributed by atoms with Gasteiger partial charge in [0.25, 0.3) is 5.91 Å². The molecule has 33 heavy (non-hydrogen) atoms. The van der Waals surface area contributed by atoms with Crippen molar-refractivity contribution in [2.24, 2.45) is 0 Å². The van der Waals surface area contributed by atoms with E-state index in [0.717, 1.165) is 42.4 Å². The van der Waals surface area contributed by atoms with Gasteiger partial charge >= 0.3 is 0 Å². The molecule has 1 saturated carbocycles. The van der Waals surface area contributed by atoms with Gasteiger partial charge in [0.05, 0.1) is 0 Å². The summed E-state index contributed by atoms with van der Waals surface area (Å²) < 4.78 is 19.2. The standard InChI is InChI=1S/C27H35FN2O3/c1-4-25(27(32)29-23-8-6-5-7-9-23)30(17-21-11-13-22(28)14-12-21)26(31)18-33-24-15-10-19(2)20(3)16-24/h10-16,23,25H,4-9,17-18H2,1-3H3,(H,29,32)/t25-/m0/s1. The van der Waals surface area contributed by atoms with E-state index in [4.69, 9.17) is 4.74 Å². The Kier molecular flexibility index (Phi) is 8.87. The minimum Gasteiger partial charge on any atom is -0.484 e. The number of aryl methyl sites for hydroxylation is 2. The van der Waals surface area contributed by atoms with Crippen molar-refractivity contribution in [1.82, 2.24) is 10.2 Å². The average Bonchev–Trinajstić information content (AvgIpc) is 2.81. The Labute approximate surface area is 196 Å². The van der Waals surface area contributed by atoms with Crippen molar-refractivity contribution in [3.05, 3.63) is 65.0 Å². The first kappa shape index (κ1) is 24.7. The molecule has 0 heterocycles. The van der Waals surface area contributed by atoms with E-state index >= 15 is 0 Å². The SMILES string of the molecule is CC[C@@H](C(=O)NC1CCCCC1)N(Cc1ccc(F)cc1)C(=O)COc1ccc(C)c(C)c1. The largest absolute Gasteiger partial charge is 0.484 e. The zero-order chi connectivity index (χ0) is 23.8. The van der Waals surface area contributed by atoms with E-state index in [1.165, 1.54) is 18.6 Å². The summed E-state index contributed by atoms with van der Waals surface area (Å²) in [7, 11) is 0. The fourth-order valence-corrected chi connectivity index (χ4v) is 4.28.